The highest BCUT2D eigenvalue weighted by Crippen LogP contribution is 2.12. The minimum Gasteiger partial charge on any atom is -0.467 e. The quantitative estimate of drug-likeness (QED) is 0.845. The molecule has 0 radical (unpaired) electrons. The van der Waals surface area contributed by atoms with Gasteiger partial charge in [-0.2, -0.15) is 0 Å². The monoisotopic (exact) mass is 258 g/mol. The molecule has 4 heteroatoms. The maximum Gasteiger partial charge on any atom is 0.320 e. The first-order valence-electron chi connectivity index (χ1n) is 6.19. The van der Waals surface area contributed by atoms with Crippen LogP contribution in [0.15, 0.2) is 53.1 Å². The van der Waals surface area contributed by atoms with E-state index >= 15 is 0 Å². The lowest BCUT2D eigenvalue weighted by atomic mass is 10.2. The van der Waals surface area contributed by atoms with Crippen molar-refractivity contribution in [2.24, 2.45) is 0 Å². The van der Waals surface area contributed by atoms with Crippen molar-refractivity contribution in [2.75, 3.05) is 14.1 Å². The smallest absolute Gasteiger partial charge is 0.320 e. The van der Waals surface area contributed by atoms with E-state index in [0.29, 0.717) is 13.1 Å². The molecule has 0 aliphatic heterocycles. The molecule has 0 atom stereocenters. The Labute approximate surface area is 113 Å². The molecule has 0 fully saturated rings. The van der Waals surface area contributed by atoms with Crippen LogP contribution in [0.25, 0.3) is 0 Å². The Morgan fingerprint density at radius 1 is 1.05 bits per heavy atom. The Morgan fingerprint density at radius 3 is 2.37 bits per heavy atom. The number of furan rings is 1. The number of rotatable bonds is 4. The van der Waals surface area contributed by atoms with Crippen LogP contribution in [-0.2, 0) is 13.1 Å². The average Bonchev–Trinajstić information content (AvgIpc) is 2.91. The molecule has 0 aliphatic carbocycles. The number of nitrogens with zero attached hydrogens (tertiary/aromatic N) is 2. The summed E-state index contributed by atoms with van der Waals surface area (Å²) >= 11 is 0. The Hall–Kier alpha value is -2.23. The van der Waals surface area contributed by atoms with Crippen molar-refractivity contribution in [1.82, 2.24) is 9.80 Å². The SMILES string of the molecule is CN(C)C(=O)N(Cc1ccccc1)Cc1ccco1. The lowest BCUT2D eigenvalue weighted by Crippen LogP contribution is -2.38. The second kappa shape index (κ2) is 6.09. The summed E-state index contributed by atoms with van der Waals surface area (Å²) in [5.74, 6) is 0.783. The summed E-state index contributed by atoms with van der Waals surface area (Å²) in [5.41, 5.74) is 1.10. The third kappa shape index (κ3) is 3.61. The Bertz CT molecular complexity index is 506. The highest BCUT2D eigenvalue weighted by atomic mass is 16.3. The molecule has 2 rings (SSSR count). The minimum atomic E-state index is -0.0275. The van der Waals surface area contributed by atoms with Crippen molar-refractivity contribution < 1.29 is 9.21 Å². The predicted octanol–water partition coefficient (Wildman–Crippen LogP) is 2.96. The number of hydrogen-bond donors (Lipinski definition) is 0. The molecule has 100 valence electrons. The zero-order chi connectivity index (χ0) is 13.7. The first-order chi connectivity index (χ1) is 9.16. The van der Waals surface area contributed by atoms with Crippen LogP contribution in [0.3, 0.4) is 0 Å². The fourth-order valence-electron chi connectivity index (χ4n) is 1.87. The summed E-state index contributed by atoms with van der Waals surface area (Å²) in [5, 5.41) is 0. The standard InChI is InChI=1S/C15H18N2O2/c1-16(2)15(18)17(12-14-9-6-10-19-14)11-13-7-4-3-5-8-13/h3-10H,11-12H2,1-2H3. The second-order valence-corrected chi connectivity index (χ2v) is 4.60. The number of carbonyl (C=O) groups excluding carboxylic acids is 1. The largest absolute Gasteiger partial charge is 0.467 e. The molecular formula is C15H18N2O2. The lowest BCUT2D eigenvalue weighted by molar-refractivity contribution is 0.161. The van der Waals surface area contributed by atoms with Gasteiger partial charge in [0, 0.05) is 20.6 Å². The zero-order valence-corrected chi connectivity index (χ0v) is 11.2. The third-order valence-corrected chi connectivity index (χ3v) is 2.80. The van der Waals surface area contributed by atoms with Gasteiger partial charge in [0.05, 0.1) is 12.8 Å². The fourth-order valence-corrected chi connectivity index (χ4v) is 1.87. The maximum atomic E-state index is 12.2. The van der Waals surface area contributed by atoms with Gasteiger partial charge in [-0.1, -0.05) is 30.3 Å². The van der Waals surface area contributed by atoms with E-state index < -0.39 is 0 Å². The van der Waals surface area contributed by atoms with Gasteiger partial charge in [-0.25, -0.2) is 4.79 Å². The van der Waals surface area contributed by atoms with E-state index in [2.05, 4.69) is 0 Å². The van der Waals surface area contributed by atoms with E-state index in [1.807, 2.05) is 42.5 Å². The molecule has 1 aromatic carbocycles. The number of benzene rings is 1. The Kier molecular flexibility index (Phi) is 4.23. The summed E-state index contributed by atoms with van der Waals surface area (Å²) in [6.45, 7) is 1.04. The van der Waals surface area contributed by atoms with Gasteiger partial charge in [0.1, 0.15) is 5.76 Å². The van der Waals surface area contributed by atoms with E-state index in [1.165, 1.54) is 0 Å². The zero-order valence-electron chi connectivity index (χ0n) is 11.2. The third-order valence-electron chi connectivity index (χ3n) is 2.80. The number of hydrogen-bond acceptors (Lipinski definition) is 2. The van der Waals surface area contributed by atoms with Crippen LogP contribution in [0, 0.1) is 0 Å². The number of carbonyl (C=O) groups is 1. The van der Waals surface area contributed by atoms with Gasteiger partial charge in [0.25, 0.3) is 0 Å². The fraction of sp³-hybridized carbons (Fsp3) is 0.267. The van der Waals surface area contributed by atoms with Crippen LogP contribution in [0.5, 0.6) is 0 Å². The highest BCUT2D eigenvalue weighted by molar-refractivity contribution is 5.73. The summed E-state index contributed by atoms with van der Waals surface area (Å²) < 4.78 is 5.32. The normalized spacial score (nSPS) is 10.2. The van der Waals surface area contributed by atoms with E-state index in [0.717, 1.165) is 11.3 Å². The molecule has 0 spiro atoms. The second-order valence-electron chi connectivity index (χ2n) is 4.60. The molecule has 1 aromatic heterocycles. The Morgan fingerprint density at radius 2 is 1.79 bits per heavy atom. The van der Waals surface area contributed by atoms with Crippen LogP contribution in [-0.4, -0.2) is 29.9 Å². The summed E-state index contributed by atoms with van der Waals surface area (Å²) in [6, 6.07) is 13.6. The van der Waals surface area contributed by atoms with Gasteiger partial charge in [-0.05, 0) is 17.7 Å². The van der Waals surface area contributed by atoms with Gasteiger partial charge in [0.2, 0.25) is 0 Å². The molecule has 2 aromatic rings. The maximum absolute atomic E-state index is 12.2. The molecule has 0 bridgehead atoms. The first kappa shape index (κ1) is 13.2. The average molecular weight is 258 g/mol. The van der Waals surface area contributed by atoms with Gasteiger partial charge in [0.15, 0.2) is 0 Å². The van der Waals surface area contributed by atoms with Gasteiger partial charge in [-0.15, -0.1) is 0 Å². The van der Waals surface area contributed by atoms with Gasteiger partial charge >= 0.3 is 6.03 Å². The van der Waals surface area contributed by atoms with E-state index in [4.69, 9.17) is 4.42 Å². The molecule has 0 saturated heterocycles. The highest BCUT2D eigenvalue weighted by Gasteiger charge is 2.17. The molecule has 0 unspecified atom stereocenters. The van der Waals surface area contributed by atoms with Crippen molar-refractivity contribution in [3.05, 3.63) is 60.1 Å². The summed E-state index contributed by atoms with van der Waals surface area (Å²) in [7, 11) is 3.50. The summed E-state index contributed by atoms with van der Waals surface area (Å²) in [6.07, 6.45) is 1.62. The van der Waals surface area contributed by atoms with Crippen molar-refractivity contribution in [2.45, 2.75) is 13.1 Å². The van der Waals surface area contributed by atoms with Gasteiger partial charge in [-0.3, -0.25) is 0 Å². The van der Waals surface area contributed by atoms with Crippen LogP contribution in [0.4, 0.5) is 4.79 Å². The molecular weight excluding hydrogens is 240 g/mol. The molecule has 19 heavy (non-hydrogen) atoms. The molecule has 2 amide bonds. The summed E-state index contributed by atoms with van der Waals surface area (Å²) in [4.78, 5) is 15.5. The minimum absolute atomic E-state index is 0.0275. The first-order valence-corrected chi connectivity index (χ1v) is 6.19. The molecule has 1 heterocycles. The lowest BCUT2D eigenvalue weighted by Gasteiger charge is -2.25. The molecule has 0 saturated carbocycles. The molecule has 0 N–H and O–H groups in total. The van der Waals surface area contributed by atoms with Crippen molar-refractivity contribution in [3.63, 3.8) is 0 Å². The van der Waals surface area contributed by atoms with Crippen LogP contribution < -0.4 is 0 Å². The number of urea groups is 1. The topological polar surface area (TPSA) is 36.7 Å². The van der Waals surface area contributed by atoms with Crippen LogP contribution >= 0.6 is 0 Å². The van der Waals surface area contributed by atoms with Crippen molar-refractivity contribution >= 4 is 6.03 Å². The number of amides is 2. The Balaban J connectivity index is 2.12. The molecule has 0 aliphatic rings. The van der Waals surface area contributed by atoms with Crippen molar-refractivity contribution in [1.29, 1.82) is 0 Å². The molecule has 4 nitrogen and oxygen atoms in total. The predicted molar refractivity (Wildman–Crippen MR) is 73.5 cm³/mol. The van der Waals surface area contributed by atoms with E-state index in [-0.39, 0.29) is 6.03 Å². The van der Waals surface area contributed by atoms with E-state index in [1.54, 1.807) is 30.2 Å². The van der Waals surface area contributed by atoms with Gasteiger partial charge < -0.3 is 14.2 Å². The van der Waals surface area contributed by atoms with Crippen LogP contribution in [0.1, 0.15) is 11.3 Å². The van der Waals surface area contributed by atoms with E-state index in [9.17, 15) is 4.79 Å². The van der Waals surface area contributed by atoms with Crippen LogP contribution in [0.2, 0.25) is 0 Å². The van der Waals surface area contributed by atoms with Crippen molar-refractivity contribution in [3.8, 4) is 0 Å².